The maximum absolute atomic E-state index is 11.2. The van der Waals surface area contributed by atoms with Gasteiger partial charge < -0.3 is 10.2 Å². The lowest BCUT2D eigenvalue weighted by Gasteiger charge is -2.05. The molecule has 2 N–H and O–H groups in total. The smallest absolute Gasteiger partial charge is 0.338 e. The molecule has 6 heteroatoms. The van der Waals surface area contributed by atoms with Gasteiger partial charge in [-0.3, -0.25) is 4.79 Å². The summed E-state index contributed by atoms with van der Waals surface area (Å²) in [6, 6.07) is 4.29. The van der Waals surface area contributed by atoms with Crippen LogP contribution in [0.1, 0.15) is 22.3 Å². The van der Waals surface area contributed by atoms with E-state index in [1.165, 1.54) is 18.2 Å². The molecule has 1 unspecified atom stereocenters. The Morgan fingerprint density at radius 3 is 2.67 bits per heavy atom. The Morgan fingerprint density at radius 1 is 1.47 bits per heavy atom. The molecule has 80 valence electrons. The molecule has 0 aliphatic rings. The van der Waals surface area contributed by atoms with Crippen LogP contribution < -0.4 is 0 Å². The van der Waals surface area contributed by atoms with Crippen molar-refractivity contribution in [3.8, 4) is 0 Å². The SMILES string of the molecule is O=C(CBr)c1cccc(C(O)C(=O)O)n1. The number of carboxylic acids is 1. The quantitative estimate of drug-likeness (QED) is 0.625. The Bertz CT molecular complexity index is 393. The number of nitrogens with zero attached hydrogens (tertiary/aromatic N) is 1. The van der Waals surface area contributed by atoms with Crippen molar-refractivity contribution in [2.75, 3.05) is 5.33 Å². The molecule has 15 heavy (non-hydrogen) atoms. The first-order valence-corrected chi connectivity index (χ1v) is 5.15. The molecule has 1 rings (SSSR count). The molecule has 1 heterocycles. The van der Waals surface area contributed by atoms with E-state index in [1.54, 1.807) is 0 Å². The van der Waals surface area contributed by atoms with Gasteiger partial charge in [0, 0.05) is 0 Å². The van der Waals surface area contributed by atoms with Gasteiger partial charge in [-0.1, -0.05) is 22.0 Å². The van der Waals surface area contributed by atoms with Crippen LogP contribution in [-0.2, 0) is 4.79 Å². The third-order valence-corrected chi connectivity index (χ3v) is 2.20. The van der Waals surface area contributed by atoms with Crippen molar-refractivity contribution in [1.82, 2.24) is 4.98 Å². The summed E-state index contributed by atoms with van der Waals surface area (Å²) in [7, 11) is 0. The lowest BCUT2D eigenvalue weighted by atomic mass is 10.2. The number of aliphatic carboxylic acids is 1. The minimum Gasteiger partial charge on any atom is -0.479 e. The third-order valence-electron chi connectivity index (χ3n) is 1.69. The van der Waals surface area contributed by atoms with Crippen molar-refractivity contribution in [1.29, 1.82) is 0 Å². The van der Waals surface area contributed by atoms with Crippen molar-refractivity contribution in [3.05, 3.63) is 29.6 Å². The monoisotopic (exact) mass is 273 g/mol. The fourth-order valence-corrected chi connectivity index (χ4v) is 1.24. The van der Waals surface area contributed by atoms with Gasteiger partial charge in [-0.25, -0.2) is 9.78 Å². The first-order valence-electron chi connectivity index (χ1n) is 4.03. The van der Waals surface area contributed by atoms with Crippen molar-refractivity contribution >= 4 is 27.7 Å². The van der Waals surface area contributed by atoms with E-state index in [1.807, 2.05) is 0 Å². The summed E-state index contributed by atoms with van der Waals surface area (Å²) < 4.78 is 0. The molecule has 1 aromatic heterocycles. The highest BCUT2D eigenvalue weighted by Gasteiger charge is 2.18. The van der Waals surface area contributed by atoms with Crippen LogP contribution in [0.15, 0.2) is 18.2 Å². The number of ketones is 1. The van der Waals surface area contributed by atoms with Gasteiger partial charge in [0.1, 0.15) is 5.69 Å². The van der Waals surface area contributed by atoms with E-state index in [2.05, 4.69) is 20.9 Å². The maximum atomic E-state index is 11.2. The Hall–Kier alpha value is -1.27. The highest BCUT2D eigenvalue weighted by atomic mass is 79.9. The molecule has 0 spiro atoms. The summed E-state index contributed by atoms with van der Waals surface area (Å²) in [6.07, 6.45) is -1.70. The van der Waals surface area contributed by atoms with E-state index in [-0.39, 0.29) is 22.5 Å². The Kier molecular flexibility index (Phi) is 3.93. The van der Waals surface area contributed by atoms with Crippen LogP contribution in [0, 0.1) is 0 Å². The van der Waals surface area contributed by atoms with Gasteiger partial charge >= 0.3 is 5.97 Å². The van der Waals surface area contributed by atoms with Gasteiger partial charge in [0.25, 0.3) is 0 Å². The minimum absolute atomic E-state index is 0.0469. The van der Waals surface area contributed by atoms with E-state index in [9.17, 15) is 14.7 Å². The summed E-state index contributed by atoms with van der Waals surface area (Å²) in [6.45, 7) is 0. The van der Waals surface area contributed by atoms with Crippen molar-refractivity contribution in [2.45, 2.75) is 6.10 Å². The Labute approximate surface area is 93.9 Å². The first kappa shape index (κ1) is 11.8. The molecule has 0 bridgehead atoms. The molecule has 5 nitrogen and oxygen atoms in total. The fourth-order valence-electron chi connectivity index (χ4n) is 0.954. The van der Waals surface area contributed by atoms with Crippen molar-refractivity contribution in [2.24, 2.45) is 0 Å². The number of Topliss-reactive ketones (excluding diaryl/α,β-unsaturated/α-hetero) is 1. The number of aromatic nitrogens is 1. The number of aliphatic hydroxyl groups excluding tert-OH is 1. The number of carbonyl (C=O) groups excluding carboxylic acids is 1. The van der Waals surface area contributed by atoms with E-state index in [0.717, 1.165) is 0 Å². The second-order valence-corrected chi connectivity index (χ2v) is 3.31. The zero-order valence-corrected chi connectivity index (χ0v) is 9.14. The fraction of sp³-hybridized carbons (Fsp3) is 0.222. The predicted molar refractivity (Wildman–Crippen MR) is 55.0 cm³/mol. The number of aliphatic hydroxyl groups is 1. The topological polar surface area (TPSA) is 87.5 Å². The summed E-state index contributed by atoms with van der Waals surface area (Å²) in [5.41, 5.74) is 0.0824. The molecule has 1 aromatic rings. The molecular formula is C9H8BrNO4. The normalized spacial score (nSPS) is 12.1. The summed E-state index contributed by atoms with van der Waals surface area (Å²) >= 11 is 2.97. The summed E-state index contributed by atoms with van der Waals surface area (Å²) in [4.78, 5) is 25.4. The zero-order chi connectivity index (χ0) is 11.4. The van der Waals surface area contributed by atoms with Crippen LogP contribution >= 0.6 is 15.9 Å². The zero-order valence-electron chi connectivity index (χ0n) is 7.55. The molecule has 0 aliphatic carbocycles. The first-order chi connectivity index (χ1) is 7.06. The molecule has 0 aromatic carbocycles. The molecule has 0 amide bonds. The van der Waals surface area contributed by atoms with Gasteiger partial charge in [0.05, 0.1) is 11.0 Å². The van der Waals surface area contributed by atoms with Gasteiger partial charge in [0.15, 0.2) is 11.9 Å². The van der Waals surface area contributed by atoms with E-state index >= 15 is 0 Å². The van der Waals surface area contributed by atoms with Gasteiger partial charge in [-0.15, -0.1) is 0 Å². The third kappa shape index (κ3) is 2.84. The average molecular weight is 274 g/mol. The van der Waals surface area contributed by atoms with Gasteiger partial charge in [-0.05, 0) is 12.1 Å². The number of pyridine rings is 1. The Morgan fingerprint density at radius 2 is 2.13 bits per heavy atom. The molecule has 1 atom stereocenters. The van der Waals surface area contributed by atoms with Crippen LogP contribution in [-0.4, -0.2) is 32.3 Å². The van der Waals surface area contributed by atoms with E-state index < -0.39 is 12.1 Å². The molecule has 0 radical (unpaired) electrons. The number of halogens is 1. The Balaban J connectivity index is 3.02. The van der Waals surface area contributed by atoms with Crippen molar-refractivity contribution in [3.63, 3.8) is 0 Å². The second-order valence-electron chi connectivity index (χ2n) is 2.75. The number of carboxylic acid groups (broad SMARTS) is 1. The lowest BCUT2D eigenvalue weighted by Crippen LogP contribution is -2.14. The van der Waals surface area contributed by atoms with Crippen LogP contribution in [0.25, 0.3) is 0 Å². The molecule has 0 saturated carbocycles. The minimum atomic E-state index is -1.70. The molecule has 0 aliphatic heterocycles. The maximum Gasteiger partial charge on any atom is 0.338 e. The molecular weight excluding hydrogens is 266 g/mol. The van der Waals surface area contributed by atoms with Gasteiger partial charge in [-0.2, -0.15) is 0 Å². The number of rotatable bonds is 4. The standard InChI is InChI=1S/C9H8BrNO4/c10-4-7(12)5-2-1-3-6(11-5)8(13)9(14)15/h1-3,8,13H,4H2,(H,14,15). The van der Waals surface area contributed by atoms with Gasteiger partial charge in [0.2, 0.25) is 0 Å². The predicted octanol–water partition coefficient (Wildman–Crippen LogP) is 0.777. The average Bonchev–Trinajstić information content (AvgIpc) is 2.27. The lowest BCUT2D eigenvalue weighted by molar-refractivity contribution is -0.147. The second kappa shape index (κ2) is 4.99. The van der Waals surface area contributed by atoms with E-state index in [4.69, 9.17) is 5.11 Å². The van der Waals surface area contributed by atoms with Crippen LogP contribution in [0.2, 0.25) is 0 Å². The number of hydrogen-bond donors (Lipinski definition) is 2. The van der Waals surface area contributed by atoms with E-state index in [0.29, 0.717) is 0 Å². The number of carbonyl (C=O) groups is 2. The number of hydrogen-bond acceptors (Lipinski definition) is 4. The molecule has 0 saturated heterocycles. The van der Waals surface area contributed by atoms with Crippen LogP contribution in [0.4, 0.5) is 0 Å². The van der Waals surface area contributed by atoms with Crippen LogP contribution in [0.3, 0.4) is 0 Å². The summed E-state index contributed by atoms with van der Waals surface area (Å²) in [5, 5.41) is 17.8. The van der Waals surface area contributed by atoms with Crippen molar-refractivity contribution < 1.29 is 19.8 Å². The number of alkyl halides is 1. The highest BCUT2D eigenvalue weighted by Crippen LogP contribution is 2.11. The summed E-state index contributed by atoms with van der Waals surface area (Å²) in [5.74, 6) is -1.67. The highest BCUT2D eigenvalue weighted by molar-refractivity contribution is 9.09. The molecule has 0 fully saturated rings. The largest absolute Gasteiger partial charge is 0.479 e. The van der Waals surface area contributed by atoms with Crippen LogP contribution in [0.5, 0.6) is 0 Å².